The molecule has 0 radical (unpaired) electrons. The number of amides is 1. The van der Waals surface area contributed by atoms with Crippen molar-refractivity contribution in [2.24, 2.45) is 5.92 Å². The summed E-state index contributed by atoms with van der Waals surface area (Å²) in [5.41, 5.74) is 4.00. The molecule has 7 rings (SSSR count). The van der Waals surface area contributed by atoms with Crippen LogP contribution in [0.25, 0.3) is 32.5 Å². The Bertz CT molecular complexity index is 1420. The van der Waals surface area contributed by atoms with Gasteiger partial charge >= 0.3 is 0 Å². The highest BCUT2D eigenvalue weighted by Gasteiger charge is 2.31. The van der Waals surface area contributed by atoms with Crippen molar-refractivity contribution in [1.82, 2.24) is 30.1 Å². The fourth-order valence-corrected chi connectivity index (χ4v) is 6.53. The van der Waals surface area contributed by atoms with E-state index in [1.807, 2.05) is 12.3 Å². The lowest BCUT2D eigenvalue weighted by Crippen LogP contribution is -2.50. The van der Waals surface area contributed by atoms with E-state index in [-0.39, 0.29) is 12.0 Å². The summed E-state index contributed by atoms with van der Waals surface area (Å²) in [6, 6.07) is 10.5. The number of carbonyl (C=O) groups is 1. The van der Waals surface area contributed by atoms with Gasteiger partial charge < -0.3 is 19.9 Å². The molecule has 1 amide bonds. The summed E-state index contributed by atoms with van der Waals surface area (Å²) in [5.74, 6) is 1.73. The Morgan fingerprint density at radius 2 is 2.11 bits per heavy atom. The van der Waals surface area contributed by atoms with E-state index in [9.17, 15) is 4.79 Å². The number of nitrogens with one attached hydrogen (secondary N) is 2. The average molecular weight is 503 g/mol. The molecule has 0 bridgehead atoms. The molecule has 1 saturated carbocycles. The molecular weight excluding hydrogens is 472 g/mol. The van der Waals surface area contributed by atoms with E-state index in [1.54, 1.807) is 11.3 Å². The second kappa shape index (κ2) is 9.23. The van der Waals surface area contributed by atoms with Crippen molar-refractivity contribution >= 4 is 38.4 Å². The first-order valence-corrected chi connectivity index (χ1v) is 13.7. The van der Waals surface area contributed by atoms with Gasteiger partial charge in [-0.2, -0.15) is 0 Å². The molecule has 4 aromatic rings. The van der Waals surface area contributed by atoms with Gasteiger partial charge in [0, 0.05) is 66.8 Å². The molecule has 8 nitrogen and oxygen atoms in total. The number of hydrogen-bond acceptors (Lipinski definition) is 7. The normalized spacial score (nSPS) is 21.6. The number of aromatic nitrogens is 3. The van der Waals surface area contributed by atoms with Crippen molar-refractivity contribution in [2.75, 3.05) is 45.9 Å². The van der Waals surface area contributed by atoms with Gasteiger partial charge in [-0.3, -0.25) is 9.69 Å². The number of aromatic amines is 1. The molecule has 0 spiro atoms. The van der Waals surface area contributed by atoms with Crippen molar-refractivity contribution in [1.29, 1.82) is 0 Å². The third kappa shape index (κ3) is 4.30. The number of carbonyl (C=O) groups excluding carboxylic acids is 1. The van der Waals surface area contributed by atoms with E-state index < -0.39 is 0 Å². The van der Waals surface area contributed by atoms with Crippen LogP contribution in [0.1, 0.15) is 29.5 Å². The van der Waals surface area contributed by atoms with Crippen molar-refractivity contribution in [3.8, 4) is 11.4 Å². The standard InChI is InChI=1S/C27H30N6O2S/c34-24-16-32(9-10-33(24)14-17-4-5-17)15-18-12-22-26(36-18)25(23-13-28-8-11-35-23)31-27(30-22)20-2-1-3-21-19(20)6-7-29-21/h1-3,6-7,12,17,23,28-29H,4-5,8-11,13-16H2. The van der Waals surface area contributed by atoms with Crippen LogP contribution >= 0.6 is 11.3 Å². The van der Waals surface area contributed by atoms with Crippen molar-refractivity contribution in [3.05, 3.63) is 47.1 Å². The summed E-state index contributed by atoms with van der Waals surface area (Å²) < 4.78 is 7.23. The summed E-state index contributed by atoms with van der Waals surface area (Å²) in [7, 11) is 0. The van der Waals surface area contributed by atoms with Crippen LogP contribution < -0.4 is 5.32 Å². The molecule has 36 heavy (non-hydrogen) atoms. The highest BCUT2D eigenvalue weighted by atomic mass is 32.1. The van der Waals surface area contributed by atoms with Gasteiger partial charge in [0.05, 0.1) is 29.1 Å². The van der Waals surface area contributed by atoms with E-state index in [4.69, 9.17) is 14.7 Å². The molecule has 1 atom stereocenters. The van der Waals surface area contributed by atoms with E-state index in [2.05, 4.69) is 44.4 Å². The number of nitrogens with zero attached hydrogens (tertiary/aromatic N) is 4. The number of thiophene rings is 1. The molecule has 2 saturated heterocycles. The molecule has 1 unspecified atom stereocenters. The van der Waals surface area contributed by atoms with Crippen LogP contribution in [-0.4, -0.2) is 76.5 Å². The molecule has 2 aliphatic heterocycles. The predicted octanol–water partition coefficient (Wildman–Crippen LogP) is 3.55. The molecule has 1 aliphatic carbocycles. The Hall–Kier alpha value is -2.85. The maximum atomic E-state index is 12.7. The molecule has 186 valence electrons. The number of H-pyrrole nitrogens is 1. The van der Waals surface area contributed by atoms with Gasteiger partial charge in [0.1, 0.15) is 6.10 Å². The first-order valence-electron chi connectivity index (χ1n) is 12.9. The number of piperazine rings is 1. The van der Waals surface area contributed by atoms with Crippen LogP contribution in [0, 0.1) is 5.92 Å². The fourth-order valence-electron chi connectivity index (χ4n) is 5.36. The maximum absolute atomic E-state index is 12.7. The molecule has 3 aliphatic rings. The molecular formula is C27H30N6O2S. The number of morpholine rings is 1. The Kier molecular flexibility index (Phi) is 5.73. The zero-order chi connectivity index (χ0) is 24.1. The smallest absolute Gasteiger partial charge is 0.236 e. The van der Waals surface area contributed by atoms with Gasteiger partial charge in [0.15, 0.2) is 5.82 Å². The highest BCUT2D eigenvalue weighted by molar-refractivity contribution is 7.19. The minimum atomic E-state index is -0.104. The Labute approximate surface area is 213 Å². The summed E-state index contributed by atoms with van der Waals surface area (Å²) in [4.78, 5) is 31.7. The van der Waals surface area contributed by atoms with Crippen molar-refractivity contribution in [2.45, 2.75) is 25.5 Å². The SMILES string of the molecule is O=C1CN(Cc2cc3nc(-c4cccc5[nH]ccc45)nc(C4CNCCO4)c3s2)CCN1CC1CC1. The fraction of sp³-hybridized carbons (Fsp3) is 0.444. The lowest BCUT2D eigenvalue weighted by Gasteiger charge is -2.34. The molecule has 5 heterocycles. The van der Waals surface area contributed by atoms with Gasteiger partial charge in [-0.25, -0.2) is 9.97 Å². The van der Waals surface area contributed by atoms with Crippen LogP contribution in [0.2, 0.25) is 0 Å². The van der Waals surface area contributed by atoms with Crippen molar-refractivity contribution in [3.63, 3.8) is 0 Å². The second-order valence-electron chi connectivity index (χ2n) is 10.2. The summed E-state index contributed by atoms with van der Waals surface area (Å²) in [6.07, 6.45) is 4.40. The van der Waals surface area contributed by atoms with Crippen LogP contribution in [0.4, 0.5) is 0 Å². The summed E-state index contributed by atoms with van der Waals surface area (Å²) in [6.45, 7) is 6.22. The van der Waals surface area contributed by atoms with Crippen LogP contribution in [0.5, 0.6) is 0 Å². The van der Waals surface area contributed by atoms with Gasteiger partial charge in [-0.05, 0) is 37.0 Å². The van der Waals surface area contributed by atoms with Gasteiger partial charge in [-0.15, -0.1) is 11.3 Å². The number of ether oxygens (including phenoxy) is 1. The average Bonchev–Trinajstić information content (AvgIpc) is 3.42. The number of hydrogen-bond donors (Lipinski definition) is 2. The first kappa shape index (κ1) is 22.4. The van der Waals surface area contributed by atoms with Crippen molar-refractivity contribution < 1.29 is 9.53 Å². The summed E-state index contributed by atoms with van der Waals surface area (Å²) >= 11 is 1.74. The van der Waals surface area contributed by atoms with Crippen LogP contribution in [0.15, 0.2) is 36.5 Å². The molecule has 3 aromatic heterocycles. The highest BCUT2D eigenvalue weighted by Crippen LogP contribution is 2.36. The minimum Gasteiger partial charge on any atom is -0.369 e. The van der Waals surface area contributed by atoms with E-state index >= 15 is 0 Å². The lowest BCUT2D eigenvalue weighted by atomic mass is 10.1. The quantitative estimate of drug-likeness (QED) is 0.419. The predicted molar refractivity (Wildman–Crippen MR) is 141 cm³/mol. The first-order chi connectivity index (χ1) is 17.7. The molecule has 3 fully saturated rings. The van der Waals surface area contributed by atoms with Gasteiger partial charge in [-0.1, -0.05) is 12.1 Å². The zero-order valence-corrected chi connectivity index (χ0v) is 21.0. The van der Waals surface area contributed by atoms with Gasteiger partial charge in [0.2, 0.25) is 5.91 Å². The largest absolute Gasteiger partial charge is 0.369 e. The van der Waals surface area contributed by atoms with E-state index in [0.29, 0.717) is 13.2 Å². The zero-order valence-electron chi connectivity index (χ0n) is 20.2. The summed E-state index contributed by atoms with van der Waals surface area (Å²) in [5, 5.41) is 4.56. The van der Waals surface area contributed by atoms with Gasteiger partial charge in [0.25, 0.3) is 0 Å². The monoisotopic (exact) mass is 502 g/mol. The Morgan fingerprint density at radius 1 is 1.17 bits per heavy atom. The van der Waals surface area contributed by atoms with E-state index in [0.717, 1.165) is 83.4 Å². The van der Waals surface area contributed by atoms with Crippen LogP contribution in [0.3, 0.4) is 0 Å². The Morgan fingerprint density at radius 3 is 2.94 bits per heavy atom. The third-order valence-corrected chi connectivity index (χ3v) is 8.60. The van der Waals surface area contributed by atoms with E-state index in [1.165, 1.54) is 17.7 Å². The third-order valence-electron chi connectivity index (χ3n) is 7.47. The molecule has 9 heteroatoms. The molecule has 1 aromatic carbocycles. The maximum Gasteiger partial charge on any atom is 0.236 e. The number of benzene rings is 1. The second-order valence-corrected chi connectivity index (χ2v) is 11.3. The molecule has 2 N–H and O–H groups in total. The Balaban J connectivity index is 1.21. The number of fused-ring (bicyclic) bond motifs is 2. The topological polar surface area (TPSA) is 86.4 Å². The van der Waals surface area contributed by atoms with Crippen LogP contribution in [-0.2, 0) is 16.1 Å². The lowest BCUT2D eigenvalue weighted by molar-refractivity contribution is -0.136. The number of rotatable bonds is 6. The minimum absolute atomic E-state index is 0.104.